The first-order valence-corrected chi connectivity index (χ1v) is 7.21. The molecule has 1 amide bonds. The lowest BCUT2D eigenvalue weighted by Gasteiger charge is -2.27. The van der Waals surface area contributed by atoms with E-state index < -0.39 is 0 Å². The normalized spacial score (nSPS) is 19.6. The summed E-state index contributed by atoms with van der Waals surface area (Å²) in [5, 5.41) is 6.33. The van der Waals surface area contributed by atoms with Gasteiger partial charge in [-0.25, -0.2) is 0 Å². The van der Waals surface area contributed by atoms with Crippen molar-refractivity contribution in [3.63, 3.8) is 0 Å². The first kappa shape index (κ1) is 15.0. The van der Waals surface area contributed by atoms with Crippen molar-refractivity contribution < 1.29 is 9.53 Å². The van der Waals surface area contributed by atoms with Crippen LogP contribution in [0.25, 0.3) is 0 Å². The van der Waals surface area contributed by atoms with Crippen molar-refractivity contribution in [2.75, 3.05) is 26.3 Å². The maximum absolute atomic E-state index is 12.0. The van der Waals surface area contributed by atoms with Gasteiger partial charge in [0.25, 0.3) is 0 Å². The van der Waals surface area contributed by atoms with Crippen LogP contribution in [0.15, 0.2) is 30.3 Å². The average Bonchev–Trinajstić information content (AvgIpc) is 2.47. The van der Waals surface area contributed by atoms with Gasteiger partial charge in [-0.05, 0) is 5.56 Å². The molecule has 1 saturated heterocycles. The number of rotatable bonds is 5. The number of carbonyl (C=O) groups is 1. The van der Waals surface area contributed by atoms with Crippen LogP contribution in [0.3, 0.4) is 0 Å². The highest BCUT2D eigenvalue weighted by Crippen LogP contribution is 2.21. The molecular weight excluding hydrogens is 252 g/mol. The van der Waals surface area contributed by atoms with Crippen molar-refractivity contribution >= 4 is 5.91 Å². The molecule has 1 aliphatic rings. The third-order valence-electron chi connectivity index (χ3n) is 3.71. The van der Waals surface area contributed by atoms with E-state index in [2.05, 4.69) is 36.6 Å². The molecule has 20 heavy (non-hydrogen) atoms. The Morgan fingerprint density at radius 1 is 1.40 bits per heavy atom. The van der Waals surface area contributed by atoms with Crippen LogP contribution in [-0.4, -0.2) is 38.3 Å². The summed E-state index contributed by atoms with van der Waals surface area (Å²) in [6.07, 6.45) is 0.477. The van der Waals surface area contributed by atoms with Crippen LogP contribution in [0.5, 0.6) is 0 Å². The molecule has 1 atom stereocenters. The van der Waals surface area contributed by atoms with Crippen molar-refractivity contribution in [3.8, 4) is 0 Å². The average molecular weight is 276 g/mol. The quantitative estimate of drug-likeness (QED) is 0.856. The number of morpholine rings is 1. The lowest BCUT2D eigenvalue weighted by Crippen LogP contribution is -2.45. The first-order chi connectivity index (χ1) is 9.58. The van der Waals surface area contributed by atoms with Crippen LogP contribution in [0.1, 0.15) is 25.8 Å². The van der Waals surface area contributed by atoms with Gasteiger partial charge in [0.05, 0.1) is 13.2 Å². The van der Waals surface area contributed by atoms with E-state index in [1.54, 1.807) is 0 Å². The van der Waals surface area contributed by atoms with Crippen LogP contribution in [-0.2, 0) is 14.9 Å². The third kappa shape index (κ3) is 4.32. The van der Waals surface area contributed by atoms with E-state index in [0.717, 1.165) is 13.2 Å². The molecule has 1 fully saturated rings. The number of hydrogen-bond donors (Lipinski definition) is 2. The van der Waals surface area contributed by atoms with E-state index in [1.165, 1.54) is 5.56 Å². The number of hydrogen-bond acceptors (Lipinski definition) is 3. The zero-order chi connectivity index (χ0) is 14.4. The molecule has 4 nitrogen and oxygen atoms in total. The Kier molecular flexibility index (Phi) is 5.15. The SMILES string of the molecule is CC(C)(CNC(=O)CC1COCCN1)c1ccccc1. The monoisotopic (exact) mass is 276 g/mol. The summed E-state index contributed by atoms with van der Waals surface area (Å²) in [6, 6.07) is 10.4. The van der Waals surface area contributed by atoms with Crippen LogP contribution >= 0.6 is 0 Å². The highest BCUT2D eigenvalue weighted by Gasteiger charge is 2.22. The number of carbonyl (C=O) groups excluding carboxylic acids is 1. The molecule has 1 aliphatic heterocycles. The Bertz CT molecular complexity index is 425. The van der Waals surface area contributed by atoms with Gasteiger partial charge in [0.2, 0.25) is 5.91 Å². The van der Waals surface area contributed by atoms with Gasteiger partial charge in [0.15, 0.2) is 0 Å². The highest BCUT2D eigenvalue weighted by molar-refractivity contribution is 5.76. The molecule has 0 aliphatic carbocycles. The molecule has 1 aromatic carbocycles. The first-order valence-electron chi connectivity index (χ1n) is 7.21. The van der Waals surface area contributed by atoms with Crippen LogP contribution in [0, 0.1) is 0 Å². The van der Waals surface area contributed by atoms with Gasteiger partial charge in [-0.2, -0.15) is 0 Å². The van der Waals surface area contributed by atoms with Crippen molar-refractivity contribution in [1.29, 1.82) is 0 Å². The lowest BCUT2D eigenvalue weighted by atomic mass is 9.84. The second kappa shape index (κ2) is 6.86. The van der Waals surface area contributed by atoms with Gasteiger partial charge in [-0.15, -0.1) is 0 Å². The largest absolute Gasteiger partial charge is 0.378 e. The third-order valence-corrected chi connectivity index (χ3v) is 3.71. The fraction of sp³-hybridized carbons (Fsp3) is 0.562. The minimum absolute atomic E-state index is 0.0621. The van der Waals surface area contributed by atoms with Crippen molar-refractivity contribution in [2.24, 2.45) is 0 Å². The molecular formula is C16H24N2O2. The zero-order valence-corrected chi connectivity index (χ0v) is 12.3. The number of amides is 1. The zero-order valence-electron chi connectivity index (χ0n) is 12.3. The maximum atomic E-state index is 12.0. The predicted octanol–water partition coefficient (Wildman–Crippen LogP) is 1.46. The summed E-state index contributed by atoms with van der Waals surface area (Å²) in [5.41, 5.74) is 1.17. The molecule has 0 radical (unpaired) electrons. The molecule has 1 aromatic rings. The predicted molar refractivity (Wildman–Crippen MR) is 79.7 cm³/mol. The Labute approximate surface area is 120 Å². The van der Waals surface area contributed by atoms with Gasteiger partial charge in [-0.1, -0.05) is 44.2 Å². The Balaban J connectivity index is 1.80. The second-order valence-electron chi connectivity index (χ2n) is 5.96. The summed E-state index contributed by atoms with van der Waals surface area (Å²) >= 11 is 0. The second-order valence-corrected chi connectivity index (χ2v) is 5.96. The van der Waals surface area contributed by atoms with Crippen LogP contribution in [0.2, 0.25) is 0 Å². The van der Waals surface area contributed by atoms with E-state index in [0.29, 0.717) is 19.6 Å². The molecule has 4 heteroatoms. The summed E-state index contributed by atoms with van der Waals surface area (Å²) in [7, 11) is 0. The molecule has 0 saturated carbocycles. The number of nitrogens with one attached hydrogen (secondary N) is 2. The van der Waals surface area contributed by atoms with E-state index >= 15 is 0 Å². The van der Waals surface area contributed by atoms with Crippen molar-refractivity contribution in [1.82, 2.24) is 10.6 Å². The Morgan fingerprint density at radius 3 is 2.80 bits per heavy atom. The van der Waals surface area contributed by atoms with E-state index in [9.17, 15) is 4.79 Å². The van der Waals surface area contributed by atoms with Crippen molar-refractivity contribution in [3.05, 3.63) is 35.9 Å². The maximum Gasteiger partial charge on any atom is 0.221 e. The number of benzene rings is 1. The molecule has 0 spiro atoms. The minimum atomic E-state index is -0.0621. The van der Waals surface area contributed by atoms with E-state index in [4.69, 9.17) is 4.74 Å². The molecule has 2 rings (SSSR count). The summed E-state index contributed by atoms with van der Waals surface area (Å²) in [6.45, 7) is 7.11. The van der Waals surface area contributed by atoms with Gasteiger partial charge in [0.1, 0.15) is 0 Å². The van der Waals surface area contributed by atoms with Gasteiger partial charge < -0.3 is 15.4 Å². The Morgan fingerprint density at radius 2 is 2.15 bits per heavy atom. The molecule has 1 heterocycles. The lowest BCUT2D eigenvalue weighted by molar-refractivity contribution is -0.122. The summed E-state index contributed by atoms with van der Waals surface area (Å²) in [4.78, 5) is 12.0. The summed E-state index contributed by atoms with van der Waals surface area (Å²) in [5.74, 6) is 0.0806. The Hall–Kier alpha value is -1.39. The van der Waals surface area contributed by atoms with Gasteiger partial charge >= 0.3 is 0 Å². The number of ether oxygens (including phenoxy) is 1. The molecule has 1 unspecified atom stereocenters. The molecule has 0 aromatic heterocycles. The standard InChI is InChI=1S/C16H24N2O2/c1-16(2,13-6-4-3-5-7-13)12-18-15(19)10-14-11-20-9-8-17-14/h3-7,14,17H,8-12H2,1-2H3,(H,18,19). The van der Waals surface area contributed by atoms with E-state index in [-0.39, 0.29) is 17.4 Å². The fourth-order valence-electron chi connectivity index (χ4n) is 2.36. The van der Waals surface area contributed by atoms with Gasteiger partial charge in [0, 0.05) is 31.0 Å². The highest BCUT2D eigenvalue weighted by atomic mass is 16.5. The fourth-order valence-corrected chi connectivity index (χ4v) is 2.36. The topological polar surface area (TPSA) is 50.4 Å². The minimum Gasteiger partial charge on any atom is -0.378 e. The summed E-state index contributed by atoms with van der Waals surface area (Å²) < 4.78 is 5.36. The molecule has 0 bridgehead atoms. The van der Waals surface area contributed by atoms with E-state index in [1.807, 2.05) is 18.2 Å². The van der Waals surface area contributed by atoms with Crippen LogP contribution in [0.4, 0.5) is 0 Å². The van der Waals surface area contributed by atoms with Crippen LogP contribution < -0.4 is 10.6 Å². The van der Waals surface area contributed by atoms with Gasteiger partial charge in [-0.3, -0.25) is 4.79 Å². The smallest absolute Gasteiger partial charge is 0.221 e. The molecule has 110 valence electrons. The van der Waals surface area contributed by atoms with Crippen molar-refractivity contribution in [2.45, 2.75) is 31.7 Å². The molecule has 2 N–H and O–H groups in total.